The lowest BCUT2D eigenvalue weighted by Gasteiger charge is -2.32. The van der Waals surface area contributed by atoms with E-state index in [1.54, 1.807) is 6.07 Å². The smallest absolute Gasteiger partial charge is 0.290 e. The Kier molecular flexibility index (Phi) is 5.60. The first-order valence-electron chi connectivity index (χ1n) is 10.1. The van der Waals surface area contributed by atoms with Gasteiger partial charge < -0.3 is 15.2 Å². The summed E-state index contributed by atoms with van der Waals surface area (Å²) in [5.74, 6) is 0.0611. The van der Waals surface area contributed by atoms with Crippen LogP contribution in [0.2, 0.25) is 0 Å². The van der Waals surface area contributed by atoms with Crippen LogP contribution in [0.4, 0.5) is 4.39 Å². The molecule has 1 aliphatic rings. The van der Waals surface area contributed by atoms with E-state index in [4.69, 9.17) is 0 Å². The Morgan fingerprint density at radius 3 is 2.93 bits per heavy atom. The molecule has 1 aromatic heterocycles. The SMILES string of the molecule is CCN(C(=O)c1nc2ccccc2[nH]1)[C@@H]1C=C(NCc2cccc(F)c2)CCC1. The Morgan fingerprint density at radius 2 is 2.14 bits per heavy atom. The van der Waals surface area contributed by atoms with Crippen LogP contribution in [0, 0.1) is 5.82 Å². The van der Waals surface area contributed by atoms with Crippen molar-refractivity contribution in [2.45, 2.75) is 38.8 Å². The Labute approximate surface area is 169 Å². The van der Waals surface area contributed by atoms with Crippen molar-refractivity contribution >= 4 is 16.9 Å². The normalized spacial score (nSPS) is 16.5. The van der Waals surface area contributed by atoms with Gasteiger partial charge in [0.2, 0.25) is 0 Å². The van der Waals surface area contributed by atoms with Crippen LogP contribution in [-0.2, 0) is 6.54 Å². The molecule has 2 aromatic carbocycles. The van der Waals surface area contributed by atoms with Gasteiger partial charge in [-0.05, 0) is 62.1 Å². The second-order valence-electron chi connectivity index (χ2n) is 7.33. The molecular weight excluding hydrogens is 367 g/mol. The lowest BCUT2D eigenvalue weighted by molar-refractivity contribution is 0.0700. The van der Waals surface area contributed by atoms with Crippen molar-refractivity contribution in [1.29, 1.82) is 0 Å². The molecule has 0 saturated heterocycles. The lowest BCUT2D eigenvalue weighted by Crippen LogP contribution is -2.41. The number of imidazole rings is 1. The Morgan fingerprint density at radius 1 is 1.28 bits per heavy atom. The number of aromatic amines is 1. The van der Waals surface area contributed by atoms with Crippen molar-refractivity contribution < 1.29 is 9.18 Å². The molecule has 1 amide bonds. The van der Waals surface area contributed by atoms with Crippen LogP contribution >= 0.6 is 0 Å². The molecule has 1 atom stereocenters. The molecule has 3 aromatic rings. The second-order valence-corrected chi connectivity index (χ2v) is 7.33. The molecule has 0 radical (unpaired) electrons. The van der Waals surface area contributed by atoms with Crippen LogP contribution in [0.5, 0.6) is 0 Å². The van der Waals surface area contributed by atoms with E-state index in [9.17, 15) is 9.18 Å². The molecule has 0 bridgehead atoms. The van der Waals surface area contributed by atoms with Crippen molar-refractivity contribution in [3.8, 4) is 0 Å². The third kappa shape index (κ3) is 4.31. The highest BCUT2D eigenvalue weighted by Gasteiger charge is 2.26. The van der Waals surface area contributed by atoms with Gasteiger partial charge in [0.1, 0.15) is 5.82 Å². The zero-order valence-corrected chi connectivity index (χ0v) is 16.5. The quantitative estimate of drug-likeness (QED) is 0.654. The number of aromatic nitrogens is 2. The van der Waals surface area contributed by atoms with Crippen LogP contribution in [-0.4, -0.2) is 33.4 Å². The highest BCUT2D eigenvalue weighted by atomic mass is 19.1. The fourth-order valence-electron chi connectivity index (χ4n) is 3.88. The number of allylic oxidation sites excluding steroid dienone is 1. The van der Waals surface area contributed by atoms with E-state index in [0.717, 1.165) is 41.6 Å². The number of para-hydroxylation sites is 2. The Balaban J connectivity index is 1.48. The molecule has 0 spiro atoms. The fourth-order valence-corrected chi connectivity index (χ4v) is 3.88. The summed E-state index contributed by atoms with van der Waals surface area (Å²) in [5, 5.41) is 3.41. The fraction of sp³-hybridized carbons (Fsp3) is 0.304. The predicted octanol–water partition coefficient (Wildman–Crippen LogP) is 4.39. The average Bonchev–Trinajstić information content (AvgIpc) is 3.17. The van der Waals surface area contributed by atoms with Crippen molar-refractivity contribution in [1.82, 2.24) is 20.2 Å². The molecule has 0 fully saturated rings. The topological polar surface area (TPSA) is 61.0 Å². The van der Waals surface area contributed by atoms with Crippen LogP contribution < -0.4 is 5.32 Å². The number of rotatable bonds is 6. The van der Waals surface area contributed by atoms with Gasteiger partial charge in [0.25, 0.3) is 5.91 Å². The van der Waals surface area contributed by atoms with E-state index in [1.165, 1.54) is 12.1 Å². The first-order valence-corrected chi connectivity index (χ1v) is 10.1. The summed E-state index contributed by atoms with van der Waals surface area (Å²) in [6, 6.07) is 14.3. The Hall–Kier alpha value is -3.15. The van der Waals surface area contributed by atoms with E-state index < -0.39 is 0 Å². The van der Waals surface area contributed by atoms with E-state index in [0.29, 0.717) is 18.9 Å². The third-order valence-corrected chi connectivity index (χ3v) is 5.34. The number of nitrogens with one attached hydrogen (secondary N) is 2. The summed E-state index contributed by atoms with van der Waals surface area (Å²) in [7, 11) is 0. The molecule has 29 heavy (non-hydrogen) atoms. The number of H-pyrrole nitrogens is 1. The minimum Gasteiger partial charge on any atom is -0.384 e. The highest BCUT2D eigenvalue weighted by molar-refractivity contribution is 5.94. The van der Waals surface area contributed by atoms with Crippen molar-refractivity contribution in [3.63, 3.8) is 0 Å². The van der Waals surface area contributed by atoms with E-state index in [1.807, 2.05) is 42.2 Å². The summed E-state index contributed by atoms with van der Waals surface area (Å²) < 4.78 is 13.4. The van der Waals surface area contributed by atoms with Gasteiger partial charge in [-0.25, -0.2) is 9.37 Å². The maximum absolute atomic E-state index is 13.4. The van der Waals surface area contributed by atoms with Crippen LogP contribution in [0.1, 0.15) is 42.4 Å². The molecule has 2 N–H and O–H groups in total. The molecule has 5 nitrogen and oxygen atoms in total. The monoisotopic (exact) mass is 392 g/mol. The van der Waals surface area contributed by atoms with Gasteiger partial charge in [0, 0.05) is 18.8 Å². The zero-order chi connectivity index (χ0) is 20.2. The maximum Gasteiger partial charge on any atom is 0.290 e. The van der Waals surface area contributed by atoms with Crippen LogP contribution in [0.3, 0.4) is 0 Å². The largest absolute Gasteiger partial charge is 0.384 e. The first kappa shape index (κ1) is 19.2. The summed E-state index contributed by atoms with van der Waals surface area (Å²) in [5.41, 5.74) is 3.66. The minimum atomic E-state index is -0.228. The van der Waals surface area contributed by atoms with Gasteiger partial charge in [0.05, 0.1) is 17.1 Å². The molecule has 0 saturated carbocycles. The third-order valence-electron chi connectivity index (χ3n) is 5.34. The highest BCUT2D eigenvalue weighted by Crippen LogP contribution is 2.23. The number of fused-ring (bicyclic) bond motifs is 1. The van der Waals surface area contributed by atoms with E-state index in [-0.39, 0.29) is 17.8 Å². The maximum atomic E-state index is 13.4. The first-order chi connectivity index (χ1) is 14.1. The van der Waals surface area contributed by atoms with Crippen LogP contribution in [0.15, 0.2) is 60.3 Å². The summed E-state index contributed by atoms with van der Waals surface area (Å²) in [6.45, 7) is 3.16. The van der Waals surface area contributed by atoms with E-state index >= 15 is 0 Å². The van der Waals surface area contributed by atoms with Crippen LogP contribution in [0.25, 0.3) is 11.0 Å². The molecular formula is C23H25FN4O. The number of likely N-dealkylation sites (N-methyl/N-ethyl adjacent to an activating group) is 1. The molecule has 150 valence electrons. The molecule has 0 aliphatic heterocycles. The molecule has 1 heterocycles. The zero-order valence-electron chi connectivity index (χ0n) is 16.5. The van der Waals surface area contributed by atoms with Gasteiger partial charge in [-0.15, -0.1) is 0 Å². The van der Waals surface area contributed by atoms with Gasteiger partial charge in [-0.3, -0.25) is 4.79 Å². The summed E-state index contributed by atoms with van der Waals surface area (Å²) in [6.07, 6.45) is 4.98. The van der Waals surface area contributed by atoms with Crippen molar-refractivity contribution in [2.24, 2.45) is 0 Å². The van der Waals surface area contributed by atoms with Crippen molar-refractivity contribution in [2.75, 3.05) is 6.54 Å². The number of benzene rings is 2. The number of hydrogen-bond acceptors (Lipinski definition) is 3. The lowest BCUT2D eigenvalue weighted by atomic mass is 9.98. The second kappa shape index (κ2) is 8.47. The number of hydrogen-bond donors (Lipinski definition) is 2. The van der Waals surface area contributed by atoms with Crippen molar-refractivity contribution in [3.05, 3.63) is 77.5 Å². The minimum absolute atomic E-state index is 0.0180. The van der Waals surface area contributed by atoms with Gasteiger partial charge in [-0.2, -0.15) is 0 Å². The molecule has 1 aliphatic carbocycles. The summed E-state index contributed by atoms with van der Waals surface area (Å²) in [4.78, 5) is 22.6. The number of carbonyl (C=O) groups excluding carboxylic acids is 1. The standard InChI is InChI=1S/C23H25FN4O/c1-2-28(23(29)22-26-20-11-3-4-12-21(20)27-22)19-10-6-9-18(14-19)25-15-16-7-5-8-17(24)13-16/h3-5,7-8,11-14,19,25H,2,6,9-10,15H2,1H3,(H,26,27)/t19-/m0/s1. The van der Waals surface area contributed by atoms with E-state index in [2.05, 4.69) is 21.4 Å². The molecule has 4 rings (SSSR count). The van der Waals surface area contributed by atoms with Gasteiger partial charge in [0.15, 0.2) is 5.82 Å². The average molecular weight is 392 g/mol. The molecule has 0 unspecified atom stereocenters. The van der Waals surface area contributed by atoms with Gasteiger partial charge in [-0.1, -0.05) is 24.3 Å². The number of halogens is 1. The summed E-state index contributed by atoms with van der Waals surface area (Å²) >= 11 is 0. The van der Waals surface area contributed by atoms with Gasteiger partial charge >= 0.3 is 0 Å². The number of nitrogens with zero attached hydrogens (tertiary/aromatic N) is 2. The number of amides is 1. The molecule has 6 heteroatoms. The Bertz CT molecular complexity index is 1010. The predicted molar refractivity (Wildman–Crippen MR) is 112 cm³/mol. The number of carbonyl (C=O) groups is 1.